The first kappa shape index (κ1) is 18.2. The number of rotatable bonds is 7. The van der Waals surface area contributed by atoms with Crippen molar-refractivity contribution in [3.63, 3.8) is 0 Å². The number of thioether (sulfide) groups is 1. The monoisotopic (exact) mass is 364 g/mol. The van der Waals surface area contributed by atoms with Gasteiger partial charge >= 0.3 is 0 Å². The number of hydrogen-bond acceptors (Lipinski definition) is 3. The molecule has 0 atom stereocenters. The minimum atomic E-state index is -0.221. The Kier molecular flexibility index (Phi) is 6.34. The number of halogens is 1. The van der Waals surface area contributed by atoms with E-state index in [0.717, 1.165) is 42.8 Å². The molecule has 136 valence electrons. The molecular formula is C19H25FN2O2S. The Morgan fingerprint density at radius 2 is 1.76 bits per heavy atom. The largest absolute Gasteiger partial charge is 0.356 e. The normalized spacial score (nSPS) is 18.2. The van der Waals surface area contributed by atoms with Gasteiger partial charge in [-0.2, -0.15) is 0 Å². The number of hydrogen-bond donors (Lipinski definition) is 1. The van der Waals surface area contributed by atoms with E-state index in [1.807, 2.05) is 4.90 Å². The maximum Gasteiger partial charge on any atom is 0.225 e. The van der Waals surface area contributed by atoms with Crippen molar-refractivity contribution >= 4 is 23.6 Å². The first-order chi connectivity index (χ1) is 12.1. The third-order valence-electron chi connectivity index (χ3n) is 4.81. The Morgan fingerprint density at radius 1 is 1.08 bits per heavy atom. The molecule has 3 rings (SSSR count). The van der Waals surface area contributed by atoms with Crippen molar-refractivity contribution in [3.05, 3.63) is 30.1 Å². The zero-order chi connectivity index (χ0) is 17.6. The van der Waals surface area contributed by atoms with Gasteiger partial charge in [-0.25, -0.2) is 4.39 Å². The van der Waals surface area contributed by atoms with Crippen LogP contribution in [0.4, 0.5) is 4.39 Å². The number of carbonyl (C=O) groups excluding carboxylic acids is 2. The molecule has 25 heavy (non-hydrogen) atoms. The number of carbonyl (C=O) groups is 2. The molecule has 0 aromatic heterocycles. The van der Waals surface area contributed by atoms with Crippen LogP contribution in [0.1, 0.15) is 32.1 Å². The fourth-order valence-electron chi connectivity index (χ4n) is 3.10. The van der Waals surface area contributed by atoms with Gasteiger partial charge in [-0.05, 0) is 62.1 Å². The molecule has 2 fully saturated rings. The predicted molar refractivity (Wildman–Crippen MR) is 96.8 cm³/mol. The van der Waals surface area contributed by atoms with Crippen LogP contribution in [0.2, 0.25) is 0 Å². The zero-order valence-corrected chi connectivity index (χ0v) is 15.2. The molecule has 6 heteroatoms. The number of nitrogens with one attached hydrogen (secondary N) is 1. The summed E-state index contributed by atoms with van der Waals surface area (Å²) in [5.74, 6) is 1.38. The SMILES string of the molecule is O=C(NCCCSc1ccc(F)cc1)C1CCN(C(=O)C2CC2)CC1. The molecule has 2 aliphatic rings. The molecular weight excluding hydrogens is 339 g/mol. The zero-order valence-electron chi connectivity index (χ0n) is 14.4. The third-order valence-corrected chi connectivity index (χ3v) is 5.91. The van der Waals surface area contributed by atoms with Crippen LogP contribution in [-0.2, 0) is 9.59 Å². The van der Waals surface area contributed by atoms with E-state index in [1.165, 1.54) is 12.1 Å². The summed E-state index contributed by atoms with van der Waals surface area (Å²) < 4.78 is 12.8. The van der Waals surface area contributed by atoms with Crippen molar-refractivity contribution in [2.75, 3.05) is 25.4 Å². The lowest BCUT2D eigenvalue weighted by Crippen LogP contribution is -2.43. The predicted octanol–water partition coefficient (Wildman–Crippen LogP) is 3.07. The average molecular weight is 364 g/mol. The fraction of sp³-hybridized carbons (Fsp3) is 0.579. The van der Waals surface area contributed by atoms with Gasteiger partial charge in [0, 0.05) is 36.4 Å². The van der Waals surface area contributed by atoms with Crippen LogP contribution < -0.4 is 5.32 Å². The van der Waals surface area contributed by atoms with E-state index in [1.54, 1.807) is 23.9 Å². The molecule has 0 unspecified atom stereocenters. The van der Waals surface area contributed by atoms with Gasteiger partial charge in [0.05, 0.1) is 0 Å². The minimum Gasteiger partial charge on any atom is -0.356 e. The average Bonchev–Trinajstić information content (AvgIpc) is 3.47. The summed E-state index contributed by atoms with van der Waals surface area (Å²) in [6.07, 6.45) is 4.50. The highest BCUT2D eigenvalue weighted by atomic mass is 32.2. The second-order valence-electron chi connectivity index (χ2n) is 6.82. The van der Waals surface area contributed by atoms with Crippen molar-refractivity contribution < 1.29 is 14.0 Å². The topological polar surface area (TPSA) is 49.4 Å². The smallest absolute Gasteiger partial charge is 0.225 e. The maximum absolute atomic E-state index is 12.8. The van der Waals surface area contributed by atoms with Gasteiger partial charge in [0.25, 0.3) is 0 Å². The van der Waals surface area contributed by atoms with Crippen LogP contribution in [0, 0.1) is 17.7 Å². The van der Waals surface area contributed by atoms with Crippen LogP contribution in [0.3, 0.4) is 0 Å². The third kappa shape index (κ3) is 5.46. The molecule has 1 aliphatic heterocycles. The molecule has 4 nitrogen and oxygen atoms in total. The lowest BCUT2D eigenvalue weighted by molar-refractivity contribution is -0.136. The molecule has 1 aromatic rings. The number of benzene rings is 1. The molecule has 1 saturated heterocycles. The lowest BCUT2D eigenvalue weighted by atomic mass is 9.95. The number of amides is 2. The summed E-state index contributed by atoms with van der Waals surface area (Å²) in [5.41, 5.74) is 0. The molecule has 1 aliphatic carbocycles. The quantitative estimate of drug-likeness (QED) is 0.598. The van der Waals surface area contributed by atoms with Gasteiger partial charge in [-0.15, -0.1) is 11.8 Å². The van der Waals surface area contributed by atoms with Crippen LogP contribution in [-0.4, -0.2) is 42.1 Å². The summed E-state index contributed by atoms with van der Waals surface area (Å²) in [6, 6.07) is 6.47. The highest BCUT2D eigenvalue weighted by Gasteiger charge is 2.35. The maximum atomic E-state index is 12.8. The molecule has 1 aromatic carbocycles. The first-order valence-corrected chi connectivity index (χ1v) is 10.1. The van der Waals surface area contributed by atoms with Gasteiger partial charge in [-0.1, -0.05) is 0 Å². The van der Waals surface area contributed by atoms with Gasteiger partial charge in [0.2, 0.25) is 11.8 Å². The molecule has 0 bridgehead atoms. The van der Waals surface area contributed by atoms with Crippen molar-refractivity contribution in [2.24, 2.45) is 11.8 Å². The van der Waals surface area contributed by atoms with Crippen molar-refractivity contribution in [2.45, 2.75) is 37.0 Å². The van der Waals surface area contributed by atoms with Crippen molar-refractivity contribution in [3.8, 4) is 0 Å². The number of piperidine rings is 1. The van der Waals surface area contributed by atoms with Crippen molar-refractivity contribution in [1.29, 1.82) is 0 Å². The van der Waals surface area contributed by atoms with E-state index in [9.17, 15) is 14.0 Å². The molecule has 2 amide bonds. The number of nitrogens with zero attached hydrogens (tertiary/aromatic N) is 1. The minimum absolute atomic E-state index is 0.0352. The van der Waals surface area contributed by atoms with E-state index in [4.69, 9.17) is 0 Å². The van der Waals surface area contributed by atoms with Gasteiger partial charge in [-0.3, -0.25) is 9.59 Å². The summed E-state index contributed by atoms with van der Waals surface area (Å²) in [6.45, 7) is 2.09. The molecule has 1 N–H and O–H groups in total. The second kappa shape index (κ2) is 8.70. The standard InChI is InChI=1S/C19H25FN2O2S/c20-16-4-6-17(7-5-16)25-13-1-10-21-18(23)14-8-11-22(12-9-14)19(24)15-2-3-15/h4-7,14-15H,1-3,8-13H2,(H,21,23). The van der Waals surface area contributed by atoms with Crippen molar-refractivity contribution in [1.82, 2.24) is 10.2 Å². The Balaban J connectivity index is 1.28. The Labute approximate surface area is 152 Å². The van der Waals surface area contributed by atoms with Crippen LogP contribution in [0.15, 0.2) is 29.2 Å². The summed E-state index contributed by atoms with van der Waals surface area (Å²) in [7, 11) is 0. The molecule has 1 saturated carbocycles. The van der Waals surface area contributed by atoms with E-state index < -0.39 is 0 Å². The highest BCUT2D eigenvalue weighted by molar-refractivity contribution is 7.99. The Hall–Kier alpha value is -1.56. The Morgan fingerprint density at radius 3 is 2.40 bits per heavy atom. The van der Waals surface area contributed by atoms with Crippen LogP contribution in [0.5, 0.6) is 0 Å². The molecule has 1 heterocycles. The molecule has 0 radical (unpaired) electrons. The Bertz CT molecular complexity index is 596. The second-order valence-corrected chi connectivity index (χ2v) is 7.99. The van der Waals surface area contributed by atoms with Gasteiger partial charge in [0.15, 0.2) is 0 Å². The highest BCUT2D eigenvalue weighted by Crippen LogP contribution is 2.32. The fourth-order valence-corrected chi connectivity index (χ4v) is 3.95. The summed E-state index contributed by atoms with van der Waals surface area (Å²) >= 11 is 1.67. The number of likely N-dealkylation sites (tertiary alicyclic amines) is 1. The van der Waals surface area contributed by atoms with E-state index in [2.05, 4.69) is 5.32 Å². The van der Waals surface area contributed by atoms with Crippen LogP contribution in [0.25, 0.3) is 0 Å². The van der Waals surface area contributed by atoms with E-state index in [-0.39, 0.29) is 29.5 Å². The van der Waals surface area contributed by atoms with E-state index in [0.29, 0.717) is 19.6 Å². The summed E-state index contributed by atoms with van der Waals surface area (Å²) in [5, 5.41) is 3.01. The van der Waals surface area contributed by atoms with E-state index >= 15 is 0 Å². The first-order valence-electron chi connectivity index (χ1n) is 9.08. The lowest BCUT2D eigenvalue weighted by Gasteiger charge is -2.31. The van der Waals surface area contributed by atoms with Crippen LogP contribution >= 0.6 is 11.8 Å². The molecule has 0 spiro atoms. The van der Waals surface area contributed by atoms with Gasteiger partial charge < -0.3 is 10.2 Å². The summed E-state index contributed by atoms with van der Waals surface area (Å²) in [4.78, 5) is 27.2. The van der Waals surface area contributed by atoms with Gasteiger partial charge in [0.1, 0.15) is 5.82 Å².